The van der Waals surface area contributed by atoms with Crippen molar-refractivity contribution >= 4 is 21.4 Å². The summed E-state index contributed by atoms with van der Waals surface area (Å²) >= 11 is 0. The van der Waals surface area contributed by atoms with E-state index in [1.165, 1.54) is 27.8 Å². The maximum absolute atomic E-state index is 13.0. The molecule has 1 fully saturated rings. The van der Waals surface area contributed by atoms with E-state index >= 15 is 0 Å². The van der Waals surface area contributed by atoms with Gasteiger partial charge in [-0.2, -0.15) is 33.0 Å². The van der Waals surface area contributed by atoms with Gasteiger partial charge in [0.05, 0.1) is 29.8 Å². The van der Waals surface area contributed by atoms with Crippen LogP contribution in [-0.4, -0.2) is 48.2 Å². The first-order valence-corrected chi connectivity index (χ1v) is 9.90. The topological polar surface area (TPSA) is 171 Å². The number of fused-ring (bicyclic) bond motifs is 1. The Morgan fingerprint density at radius 3 is 2.67 bits per heavy atom. The lowest BCUT2D eigenvalue weighted by molar-refractivity contribution is -0.0513. The van der Waals surface area contributed by atoms with Crippen LogP contribution >= 0.6 is 0 Å². The van der Waals surface area contributed by atoms with Crippen molar-refractivity contribution in [1.82, 2.24) is 29.4 Å². The number of rotatable bonds is 4. The third-order valence-corrected chi connectivity index (χ3v) is 7.07. The van der Waals surface area contributed by atoms with Gasteiger partial charge in [0.2, 0.25) is 5.95 Å². The van der Waals surface area contributed by atoms with E-state index in [2.05, 4.69) is 20.2 Å². The maximum Gasteiger partial charge on any atom is 0.499 e. The van der Waals surface area contributed by atoms with Crippen LogP contribution in [0.25, 0.3) is 17.0 Å². The van der Waals surface area contributed by atoms with Crippen LogP contribution in [0.3, 0.4) is 0 Å². The molecule has 0 atom stereocenters. The molecule has 1 aliphatic rings. The lowest BCUT2D eigenvalue weighted by Crippen LogP contribution is -2.68. The van der Waals surface area contributed by atoms with E-state index in [4.69, 9.17) is 11.5 Å². The van der Waals surface area contributed by atoms with Crippen LogP contribution in [-0.2, 0) is 15.4 Å². The van der Waals surface area contributed by atoms with Gasteiger partial charge in [0.25, 0.3) is 9.84 Å². The fraction of sp³-hybridized carbons (Fsp3) is 0.400. The second kappa shape index (κ2) is 6.12. The first-order chi connectivity index (χ1) is 13.9. The van der Waals surface area contributed by atoms with Gasteiger partial charge in [-0.15, -0.1) is 5.10 Å². The summed E-state index contributed by atoms with van der Waals surface area (Å²) in [6.45, 7) is 0. The number of anilines is 1. The molecule has 3 heterocycles. The predicted molar refractivity (Wildman–Crippen MR) is 95.7 cm³/mol. The number of sulfone groups is 1. The van der Waals surface area contributed by atoms with E-state index in [-0.39, 0.29) is 12.4 Å². The number of nitrogens with two attached hydrogens (primary N) is 2. The third kappa shape index (κ3) is 2.71. The normalized spacial score (nSPS) is 24.5. The van der Waals surface area contributed by atoms with Crippen LogP contribution in [0, 0.1) is 11.3 Å². The van der Waals surface area contributed by atoms with Crippen molar-refractivity contribution in [3.63, 3.8) is 0 Å². The minimum Gasteiger partial charge on any atom is -0.366 e. The second-order valence-electron chi connectivity index (χ2n) is 7.11. The lowest BCUT2D eigenvalue weighted by atomic mass is 9.70. The Bertz CT molecular complexity index is 1280. The smallest absolute Gasteiger partial charge is 0.366 e. The molecule has 15 heteroatoms. The molecule has 0 aromatic carbocycles. The van der Waals surface area contributed by atoms with Gasteiger partial charge in [0.15, 0.2) is 11.5 Å². The molecule has 0 amide bonds. The molecule has 4 rings (SSSR count). The Balaban J connectivity index is 1.72. The van der Waals surface area contributed by atoms with E-state index in [0.29, 0.717) is 17.0 Å². The van der Waals surface area contributed by atoms with E-state index in [9.17, 15) is 26.9 Å². The fourth-order valence-corrected chi connectivity index (χ4v) is 5.10. The van der Waals surface area contributed by atoms with E-state index in [0.717, 1.165) is 0 Å². The van der Waals surface area contributed by atoms with Gasteiger partial charge in [0.1, 0.15) is 4.87 Å². The summed E-state index contributed by atoms with van der Waals surface area (Å²) in [5, 5.41) is 17.3. The number of nitriles is 1. The van der Waals surface area contributed by atoms with Crippen LogP contribution in [0.4, 0.5) is 19.1 Å². The summed E-state index contributed by atoms with van der Waals surface area (Å²) in [5.41, 5.74) is 5.22. The van der Waals surface area contributed by atoms with Crippen molar-refractivity contribution in [2.75, 3.05) is 5.73 Å². The summed E-state index contributed by atoms with van der Waals surface area (Å²) in [6, 6.07) is 3.44. The van der Waals surface area contributed by atoms with Crippen LogP contribution in [0.1, 0.15) is 19.3 Å². The van der Waals surface area contributed by atoms with Gasteiger partial charge in [-0.05, 0) is 0 Å². The highest BCUT2D eigenvalue weighted by Gasteiger charge is 2.68. The van der Waals surface area contributed by atoms with Crippen LogP contribution < -0.4 is 11.5 Å². The van der Waals surface area contributed by atoms with E-state index < -0.39 is 38.6 Å². The molecular weight excluding hydrogens is 427 g/mol. The molecule has 0 radical (unpaired) electrons. The average Bonchev–Trinajstić information content (AvgIpc) is 3.24. The molecule has 3 aromatic heterocycles. The summed E-state index contributed by atoms with van der Waals surface area (Å²) in [5.74, 6) is 0.318. The predicted octanol–water partition coefficient (Wildman–Crippen LogP) is 0.562. The van der Waals surface area contributed by atoms with E-state index in [1.54, 1.807) is 6.07 Å². The molecular formula is C15H14F3N9O2S. The molecule has 0 unspecified atom stereocenters. The zero-order valence-corrected chi connectivity index (χ0v) is 15.9. The number of halogens is 3. The minimum absolute atomic E-state index is 0.0156. The van der Waals surface area contributed by atoms with Crippen molar-refractivity contribution in [3.05, 3.63) is 24.7 Å². The van der Waals surface area contributed by atoms with Gasteiger partial charge in [-0.25, -0.2) is 13.4 Å². The lowest BCUT2D eigenvalue weighted by Gasteiger charge is -2.52. The first-order valence-electron chi connectivity index (χ1n) is 8.42. The minimum atomic E-state index is -5.63. The number of nitrogen functional groups attached to an aromatic ring is 1. The van der Waals surface area contributed by atoms with E-state index in [1.807, 2.05) is 6.07 Å². The summed E-state index contributed by atoms with van der Waals surface area (Å²) in [4.78, 5) is 5.67. The van der Waals surface area contributed by atoms with Gasteiger partial charge < -0.3 is 11.5 Å². The quantitative estimate of drug-likeness (QED) is 0.587. The number of alkyl halides is 3. The molecule has 1 aliphatic carbocycles. The molecule has 3 aromatic rings. The first kappa shape index (κ1) is 20.0. The van der Waals surface area contributed by atoms with Gasteiger partial charge >= 0.3 is 5.51 Å². The number of hydrogen-bond acceptors (Lipinski definition) is 9. The molecule has 30 heavy (non-hydrogen) atoms. The van der Waals surface area contributed by atoms with Gasteiger partial charge in [-0.1, -0.05) is 0 Å². The Morgan fingerprint density at radius 1 is 1.33 bits per heavy atom. The second-order valence-corrected chi connectivity index (χ2v) is 9.39. The molecule has 0 bridgehead atoms. The highest BCUT2D eigenvalue weighted by Crippen LogP contribution is 2.53. The number of nitrogens with zero attached hydrogens (tertiary/aromatic N) is 7. The van der Waals surface area contributed by atoms with Crippen molar-refractivity contribution in [1.29, 1.82) is 5.26 Å². The van der Waals surface area contributed by atoms with Gasteiger partial charge in [0, 0.05) is 31.3 Å². The Kier molecular flexibility index (Phi) is 4.09. The van der Waals surface area contributed by atoms with Crippen molar-refractivity contribution in [2.24, 2.45) is 5.73 Å². The highest BCUT2D eigenvalue weighted by molar-refractivity contribution is 7.93. The molecule has 0 saturated heterocycles. The molecule has 4 N–H and O–H groups in total. The average molecular weight is 441 g/mol. The Hall–Kier alpha value is -3.25. The standard InChI is InChI=1S/C15H14F3N9O2S/c16-15(17,18)30(28,29)14(21)7-13(8-14,2-3-19)26-6-9(5-23-26)11-22-4-1-10-24-12(20)25-27(10)11/h1,4-6H,2,7-8,21H2,(H2,20,25). The van der Waals surface area contributed by atoms with Gasteiger partial charge in [-0.3, -0.25) is 4.68 Å². The van der Waals surface area contributed by atoms with Crippen LogP contribution in [0.5, 0.6) is 0 Å². The molecule has 11 nitrogen and oxygen atoms in total. The monoisotopic (exact) mass is 441 g/mol. The third-order valence-electron chi connectivity index (χ3n) is 5.10. The zero-order chi connectivity index (χ0) is 21.9. The summed E-state index contributed by atoms with van der Waals surface area (Å²) in [7, 11) is -5.63. The number of aromatic nitrogens is 6. The zero-order valence-electron chi connectivity index (χ0n) is 15.1. The van der Waals surface area contributed by atoms with Crippen LogP contribution in [0.15, 0.2) is 24.7 Å². The Morgan fingerprint density at radius 2 is 2.03 bits per heavy atom. The summed E-state index contributed by atoms with van der Waals surface area (Å²) in [6.07, 6.45) is 2.75. The SMILES string of the molecule is N#CCC1(n2cc(-c3nccc4nc(N)nn34)cn2)CC(N)(S(=O)(=O)C(F)(F)F)C1. The largest absolute Gasteiger partial charge is 0.499 e. The van der Waals surface area contributed by atoms with Crippen molar-refractivity contribution in [3.8, 4) is 17.5 Å². The maximum atomic E-state index is 13.0. The molecule has 158 valence electrons. The van der Waals surface area contributed by atoms with Crippen molar-refractivity contribution in [2.45, 2.75) is 35.2 Å². The number of hydrogen-bond donors (Lipinski definition) is 2. The molecule has 0 spiro atoms. The van der Waals surface area contributed by atoms with Crippen molar-refractivity contribution < 1.29 is 21.6 Å². The Labute approximate surface area is 167 Å². The molecule has 1 saturated carbocycles. The molecule has 0 aliphatic heterocycles. The fourth-order valence-electron chi connectivity index (χ4n) is 3.73. The summed E-state index contributed by atoms with van der Waals surface area (Å²) < 4.78 is 65.2. The van der Waals surface area contributed by atoms with Crippen LogP contribution in [0.2, 0.25) is 0 Å². The highest BCUT2D eigenvalue weighted by atomic mass is 32.2.